The molecule has 4 aromatic rings. The smallest absolute Gasteiger partial charge is 0.306 e. The number of urea groups is 1. The van der Waals surface area contributed by atoms with Crippen LogP contribution >= 0.6 is 11.3 Å². The van der Waals surface area contributed by atoms with Crippen molar-refractivity contribution in [2.24, 2.45) is 0 Å². The molecule has 8 nitrogen and oxygen atoms in total. The first-order valence-electron chi connectivity index (χ1n) is 13.4. The summed E-state index contributed by atoms with van der Waals surface area (Å²) in [5, 5.41) is 12.3. The van der Waals surface area contributed by atoms with Crippen molar-refractivity contribution >= 4 is 23.1 Å². The molecule has 2 N–H and O–H groups in total. The number of H-pyrrole nitrogens is 1. The van der Waals surface area contributed by atoms with E-state index in [-0.39, 0.29) is 6.03 Å². The van der Waals surface area contributed by atoms with Crippen molar-refractivity contribution < 1.29 is 9.63 Å². The molecule has 2 amide bonds. The maximum absolute atomic E-state index is 12.9. The number of hydroxylamine groups is 2. The third-order valence-corrected chi connectivity index (χ3v) is 8.78. The minimum Gasteiger partial charge on any atom is -0.306 e. The van der Waals surface area contributed by atoms with E-state index in [2.05, 4.69) is 51.5 Å². The third-order valence-electron chi connectivity index (χ3n) is 7.70. The normalized spacial score (nSPS) is 15.3. The van der Waals surface area contributed by atoms with Gasteiger partial charge in [0.15, 0.2) is 0 Å². The van der Waals surface area contributed by atoms with E-state index in [1.807, 2.05) is 37.3 Å². The minimum absolute atomic E-state index is 0.301. The molecular weight excluding hydrogens is 508 g/mol. The first-order chi connectivity index (χ1) is 19.0. The van der Waals surface area contributed by atoms with Gasteiger partial charge in [0.2, 0.25) is 0 Å². The topological polar surface area (TPSA) is 76.7 Å². The van der Waals surface area contributed by atoms with Crippen LogP contribution in [0.1, 0.15) is 27.1 Å². The Morgan fingerprint density at radius 2 is 1.95 bits per heavy atom. The Bertz CT molecular complexity index is 1490. The zero-order valence-electron chi connectivity index (χ0n) is 22.7. The number of thiophene rings is 1. The van der Waals surface area contributed by atoms with Crippen molar-refractivity contribution in [2.75, 3.05) is 45.7 Å². The van der Waals surface area contributed by atoms with E-state index in [0.29, 0.717) is 6.54 Å². The number of piperazine rings is 1. The number of hydrogen-bond donors (Lipinski definition) is 2. The number of aryl methyl sites for hydroxylation is 1. The summed E-state index contributed by atoms with van der Waals surface area (Å²) in [6.45, 7) is 7.82. The number of rotatable bonds is 7. The number of likely N-dealkylation sites (N-methyl/N-ethyl adjacent to an activating group) is 1. The van der Waals surface area contributed by atoms with Crippen LogP contribution in [0.15, 0.2) is 54.6 Å². The molecule has 202 valence electrons. The zero-order valence-corrected chi connectivity index (χ0v) is 23.5. The molecule has 0 spiro atoms. The Labute approximate surface area is 233 Å². The van der Waals surface area contributed by atoms with Crippen LogP contribution in [0.2, 0.25) is 0 Å². The number of aromatic amines is 1. The van der Waals surface area contributed by atoms with E-state index in [9.17, 15) is 4.79 Å². The van der Waals surface area contributed by atoms with Gasteiger partial charge in [0.1, 0.15) is 5.69 Å². The maximum Gasteiger partial charge on any atom is 0.346 e. The van der Waals surface area contributed by atoms with E-state index >= 15 is 0 Å². The van der Waals surface area contributed by atoms with E-state index in [4.69, 9.17) is 9.94 Å². The summed E-state index contributed by atoms with van der Waals surface area (Å²) in [5.74, 6) is 0. The number of benzene rings is 2. The molecule has 0 bridgehead atoms. The van der Waals surface area contributed by atoms with Gasteiger partial charge in [-0.3, -0.25) is 14.8 Å². The van der Waals surface area contributed by atoms with Crippen LogP contribution in [0.3, 0.4) is 0 Å². The Morgan fingerprint density at radius 3 is 2.74 bits per heavy atom. The quantitative estimate of drug-likeness (QED) is 0.271. The van der Waals surface area contributed by atoms with Crippen LogP contribution in [-0.2, 0) is 24.3 Å². The number of carbonyl (C=O) groups excluding carboxylic acids is 1. The molecule has 2 aliphatic rings. The minimum atomic E-state index is -0.301. The molecule has 1 saturated heterocycles. The molecule has 1 fully saturated rings. The lowest BCUT2D eigenvalue weighted by Gasteiger charge is -2.32. The van der Waals surface area contributed by atoms with Gasteiger partial charge in [-0.15, -0.1) is 11.3 Å². The molecular formula is C30H34N6O2S. The fourth-order valence-corrected chi connectivity index (χ4v) is 6.40. The summed E-state index contributed by atoms with van der Waals surface area (Å²) in [6.07, 6.45) is 0.878. The summed E-state index contributed by atoms with van der Waals surface area (Å²) < 4.78 is 0. The number of aromatic nitrogens is 2. The fourth-order valence-electron chi connectivity index (χ4n) is 5.40. The molecule has 0 atom stereocenters. The highest BCUT2D eigenvalue weighted by atomic mass is 32.1. The van der Waals surface area contributed by atoms with Crippen molar-refractivity contribution in [1.82, 2.24) is 25.1 Å². The predicted molar refractivity (Wildman–Crippen MR) is 156 cm³/mol. The lowest BCUT2D eigenvalue weighted by atomic mass is 10.0. The second kappa shape index (κ2) is 10.9. The molecule has 6 rings (SSSR count). The van der Waals surface area contributed by atoms with Crippen molar-refractivity contribution in [3.63, 3.8) is 0 Å². The summed E-state index contributed by atoms with van der Waals surface area (Å²) >= 11 is 1.64. The highest BCUT2D eigenvalue weighted by molar-refractivity contribution is 7.15. The summed E-state index contributed by atoms with van der Waals surface area (Å²) in [6, 6.07) is 18.4. The van der Waals surface area contributed by atoms with Gasteiger partial charge in [0.25, 0.3) is 0 Å². The Kier molecular flexibility index (Phi) is 7.22. The van der Waals surface area contributed by atoms with E-state index in [1.165, 1.54) is 34.4 Å². The number of anilines is 1. The van der Waals surface area contributed by atoms with Crippen LogP contribution < -0.4 is 5.32 Å². The SMILES string of the molecule is CON(Cc1ccc(-c2n[nH]c3c2Cc2cc(CN4CCN(C)CC4)ccc2-3)s1)C(=O)Nc1ccccc1C. The number of nitrogens with zero attached hydrogens (tertiary/aromatic N) is 4. The first-order valence-corrected chi connectivity index (χ1v) is 14.2. The summed E-state index contributed by atoms with van der Waals surface area (Å²) in [7, 11) is 3.71. The van der Waals surface area contributed by atoms with Gasteiger partial charge in [-0.25, -0.2) is 4.79 Å². The molecule has 3 heterocycles. The molecule has 0 saturated carbocycles. The Hall–Kier alpha value is -3.50. The molecule has 2 aromatic carbocycles. The fraction of sp³-hybridized carbons (Fsp3) is 0.333. The van der Waals surface area contributed by atoms with E-state index in [1.54, 1.807) is 11.3 Å². The summed E-state index contributed by atoms with van der Waals surface area (Å²) in [4.78, 5) is 25.3. The number of para-hydroxylation sites is 1. The molecule has 9 heteroatoms. The number of nitrogens with one attached hydrogen (secondary N) is 2. The van der Waals surface area contributed by atoms with E-state index < -0.39 is 0 Å². The average molecular weight is 543 g/mol. The lowest BCUT2D eigenvalue weighted by Crippen LogP contribution is -2.43. The molecule has 0 radical (unpaired) electrons. The largest absolute Gasteiger partial charge is 0.346 e. The van der Waals surface area contributed by atoms with Gasteiger partial charge in [-0.1, -0.05) is 36.4 Å². The van der Waals surface area contributed by atoms with Crippen LogP contribution in [0, 0.1) is 6.92 Å². The van der Waals surface area contributed by atoms with Gasteiger partial charge < -0.3 is 10.2 Å². The standard InChI is InChI=1S/C30H34N6O2S/c1-20-6-4-5-7-26(20)31-30(37)36(38-3)19-23-9-11-27(39-23)29-25-17-22-16-21(8-10-24(22)28(25)32-33-29)18-35-14-12-34(2)13-15-35/h4-11,16H,12-15,17-19H2,1-3H3,(H,31,37)(H,32,33). The molecule has 2 aromatic heterocycles. The maximum atomic E-state index is 12.9. The highest BCUT2D eigenvalue weighted by Crippen LogP contribution is 2.42. The third kappa shape index (κ3) is 5.35. The lowest BCUT2D eigenvalue weighted by molar-refractivity contribution is -0.0879. The van der Waals surface area contributed by atoms with Crippen LogP contribution in [0.5, 0.6) is 0 Å². The number of hydrogen-bond acceptors (Lipinski definition) is 6. The summed E-state index contributed by atoms with van der Waals surface area (Å²) in [5.41, 5.74) is 9.12. The van der Waals surface area contributed by atoms with Crippen molar-refractivity contribution in [2.45, 2.75) is 26.4 Å². The number of amides is 2. The second-order valence-corrected chi connectivity index (χ2v) is 11.6. The molecule has 1 aliphatic carbocycles. The van der Waals surface area contributed by atoms with E-state index in [0.717, 1.165) is 71.5 Å². The molecule has 0 unspecified atom stereocenters. The van der Waals surface area contributed by atoms with Gasteiger partial charge >= 0.3 is 6.03 Å². The predicted octanol–water partition coefficient (Wildman–Crippen LogP) is 5.36. The van der Waals surface area contributed by atoms with Gasteiger partial charge in [0, 0.05) is 60.8 Å². The number of fused-ring (bicyclic) bond motifs is 3. The Balaban J connectivity index is 1.14. The number of carbonyl (C=O) groups is 1. The van der Waals surface area contributed by atoms with Gasteiger partial charge in [-0.2, -0.15) is 10.2 Å². The van der Waals surface area contributed by atoms with Crippen molar-refractivity contribution in [1.29, 1.82) is 0 Å². The van der Waals surface area contributed by atoms with Crippen molar-refractivity contribution in [3.8, 4) is 21.8 Å². The molecule has 39 heavy (non-hydrogen) atoms. The average Bonchev–Trinajstić information content (AvgIpc) is 3.65. The van der Waals surface area contributed by atoms with Gasteiger partial charge in [0.05, 0.1) is 24.2 Å². The van der Waals surface area contributed by atoms with Gasteiger partial charge in [-0.05, 0) is 48.9 Å². The van der Waals surface area contributed by atoms with Crippen molar-refractivity contribution in [3.05, 3.63) is 81.7 Å². The molecule has 1 aliphatic heterocycles. The Morgan fingerprint density at radius 1 is 1.13 bits per heavy atom. The monoisotopic (exact) mass is 542 g/mol. The zero-order chi connectivity index (χ0) is 26.9. The second-order valence-electron chi connectivity index (χ2n) is 10.4. The highest BCUT2D eigenvalue weighted by Gasteiger charge is 2.27. The first kappa shape index (κ1) is 25.8. The van der Waals surface area contributed by atoms with Crippen LogP contribution in [-0.4, -0.2) is 71.4 Å². The van der Waals surface area contributed by atoms with Crippen LogP contribution in [0.4, 0.5) is 10.5 Å². The van der Waals surface area contributed by atoms with Crippen LogP contribution in [0.25, 0.3) is 21.8 Å².